The summed E-state index contributed by atoms with van der Waals surface area (Å²) in [6, 6.07) is 9.45. The van der Waals surface area contributed by atoms with E-state index >= 15 is 0 Å². The minimum Gasteiger partial charge on any atom is -0.464 e. The topological polar surface area (TPSA) is 52.3 Å². The van der Waals surface area contributed by atoms with Crippen LogP contribution in [-0.2, 0) is 16.0 Å². The van der Waals surface area contributed by atoms with Gasteiger partial charge in [0.25, 0.3) is 0 Å². The second-order valence-corrected chi connectivity index (χ2v) is 4.64. The Bertz CT molecular complexity index is 335. The average molecular weight is 235 g/mol. The molecule has 0 amide bonds. The van der Waals surface area contributed by atoms with Crippen molar-refractivity contribution in [2.45, 2.75) is 32.7 Å². The van der Waals surface area contributed by atoms with Gasteiger partial charge in [-0.15, -0.1) is 0 Å². The third kappa shape index (κ3) is 5.50. The van der Waals surface area contributed by atoms with E-state index in [-0.39, 0.29) is 5.97 Å². The van der Waals surface area contributed by atoms with Crippen LogP contribution in [0.1, 0.15) is 25.8 Å². The molecule has 1 aromatic rings. The van der Waals surface area contributed by atoms with Gasteiger partial charge in [0.1, 0.15) is 6.04 Å². The van der Waals surface area contributed by atoms with Gasteiger partial charge in [-0.05, 0) is 17.9 Å². The molecule has 3 heteroatoms. The quantitative estimate of drug-likeness (QED) is 0.769. The predicted molar refractivity (Wildman–Crippen MR) is 68.5 cm³/mol. The van der Waals surface area contributed by atoms with E-state index < -0.39 is 6.04 Å². The average Bonchev–Trinajstić information content (AvgIpc) is 2.29. The summed E-state index contributed by atoms with van der Waals surface area (Å²) in [6.07, 6.45) is 1.41. The van der Waals surface area contributed by atoms with Crippen LogP contribution in [0.4, 0.5) is 0 Å². The standard InChI is InChI=1S/C14H21NO2/c1-11(2)10-13(15)14(16)17-9-8-12-6-4-3-5-7-12/h3-7,11,13H,8-10,15H2,1-2H3. The van der Waals surface area contributed by atoms with Crippen molar-refractivity contribution in [3.05, 3.63) is 35.9 Å². The highest BCUT2D eigenvalue weighted by Crippen LogP contribution is 2.05. The van der Waals surface area contributed by atoms with Crippen molar-refractivity contribution in [2.75, 3.05) is 6.61 Å². The first-order chi connectivity index (χ1) is 8.09. The third-order valence-electron chi connectivity index (χ3n) is 2.51. The fraction of sp³-hybridized carbons (Fsp3) is 0.500. The summed E-state index contributed by atoms with van der Waals surface area (Å²) < 4.78 is 5.14. The highest BCUT2D eigenvalue weighted by molar-refractivity contribution is 5.75. The number of hydrogen-bond donors (Lipinski definition) is 1. The second kappa shape index (κ2) is 7.07. The zero-order valence-electron chi connectivity index (χ0n) is 10.6. The molecule has 2 N–H and O–H groups in total. The molecule has 1 unspecified atom stereocenters. The van der Waals surface area contributed by atoms with Gasteiger partial charge in [-0.3, -0.25) is 4.79 Å². The Balaban J connectivity index is 2.24. The molecule has 0 saturated carbocycles. The SMILES string of the molecule is CC(C)CC(N)C(=O)OCCc1ccccc1. The molecule has 0 radical (unpaired) electrons. The smallest absolute Gasteiger partial charge is 0.322 e. The van der Waals surface area contributed by atoms with Gasteiger partial charge < -0.3 is 10.5 Å². The van der Waals surface area contributed by atoms with Crippen LogP contribution in [0.3, 0.4) is 0 Å². The van der Waals surface area contributed by atoms with Gasteiger partial charge in [0, 0.05) is 6.42 Å². The van der Waals surface area contributed by atoms with Crippen LogP contribution in [0.15, 0.2) is 30.3 Å². The highest BCUT2D eigenvalue weighted by Gasteiger charge is 2.15. The Morgan fingerprint density at radius 3 is 2.53 bits per heavy atom. The van der Waals surface area contributed by atoms with Crippen molar-refractivity contribution in [1.29, 1.82) is 0 Å². The summed E-state index contributed by atoms with van der Waals surface area (Å²) in [7, 11) is 0. The van der Waals surface area contributed by atoms with E-state index in [2.05, 4.69) is 0 Å². The molecule has 0 aliphatic carbocycles. The molecule has 0 saturated heterocycles. The molecular formula is C14H21NO2. The van der Waals surface area contributed by atoms with Crippen LogP contribution in [0, 0.1) is 5.92 Å². The molecule has 17 heavy (non-hydrogen) atoms. The highest BCUT2D eigenvalue weighted by atomic mass is 16.5. The molecule has 3 nitrogen and oxygen atoms in total. The number of benzene rings is 1. The van der Waals surface area contributed by atoms with Gasteiger partial charge >= 0.3 is 5.97 Å². The minimum atomic E-state index is -0.495. The van der Waals surface area contributed by atoms with E-state index in [1.165, 1.54) is 0 Å². The van der Waals surface area contributed by atoms with Gasteiger partial charge in [-0.1, -0.05) is 44.2 Å². The molecule has 1 rings (SSSR count). The summed E-state index contributed by atoms with van der Waals surface area (Å²) in [5.74, 6) is 0.112. The summed E-state index contributed by atoms with van der Waals surface area (Å²) in [5.41, 5.74) is 6.89. The van der Waals surface area contributed by atoms with E-state index in [1.54, 1.807) is 0 Å². The van der Waals surface area contributed by atoms with Crippen molar-refractivity contribution < 1.29 is 9.53 Å². The lowest BCUT2D eigenvalue weighted by atomic mass is 10.1. The number of nitrogens with two attached hydrogens (primary N) is 1. The number of rotatable bonds is 6. The second-order valence-electron chi connectivity index (χ2n) is 4.64. The van der Waals surface area contributed by atoms with Gasteiger partial charge in [0.05, 0.1) is 6.61 Å². The molecule has 1 aromatic carbocycles. The summed E-state index contributed by atoms with van der Waals surface area (Å²) >= 11 is 0. The van der Waals surface area contributed by atoms with Gasteiger partial charge in [-0.2, -0.15) is 0 Å². The number of esters is 1. The van der Waals surface area contributed by atoms with Gasteiger partial charge in [-0.25, -0.2) is 0 Å². The van der Waals surface area contributed by atoms with E-state index in [1.807, 2.05) is 44.2 Å². The molecule has 1 atom stereocenters. The van der Waals surface area contributed by atoms with E-state index in [0.717, 1.165) is 12.0 Å². The molecule has 0 fully saturated rings. The Kier molecular flexibility index (Phi) is 5.70. The number of ether oxygens (including phenoxy) is 1. The Morgan fingerprint density at radius 1 is 1.29 bits per heavy atom. The third-order valence-corrected chi connectivity index (χ3v) is 2.51. The Morgan fingerprint density at radius 2 is 1.94 bits per heavy atom. The van der Waals surface area contributed by atoms with Crippen molar-refractivity contribution in [3.8, 4) is 0 Å². The van der Waals surface area contributed by atoms with Crippen LogP contribution < -0.4 is 5.73 Å². The van der Waals surface area contributed by atoms with Crippen molar-refractivity contribution >= 4 is 5.97 Å². The first-order valence-corrected chi connectivity index (χ1v) is 6.05. The lowest BCUT2D eigenvalue weighted by Crippen LogP contribution is -2.33. The summed E-state index contributed by atoms with van der Waals surface area (Å²) in [5, 5.41) is 0. The van der Waals surface area contributed by atoms with Gasteiger partial charge in [0.2, 0.25) is 0 Å². The van der Waals surface area contributed by atoms with Crippen molar-refractivity contribution in [3.63, 3.8) is 0 Å². The maximum absolute atomic E-state index is 11.5. The molecule has 0 aromatic heterocycles. The molecule has 0 spiro atoms. The first-order valence-electron chi connectivity index (χ1n) is 6.05. The summed E-state index contributed by atoms with van der Waals surface area (Å²) in [4.78, 5) is 11.5. The first kappa shape index (κ1) is 13.7. The van der Waals surface area contributed by atoms with Crippen LogP contribution in [0.2, 0.25) is 0 Å². The monoisotopic (exact) mass is 235 g/mol. The van der Waals surface area contributed by atoms with Crippen LogP contribution in [0.5, 0.6) is 0 Å². The van der Waals surface area contributed by atoms with Crippen LogP contribution in [0.25, 0.3) is 0 Å². The molecule has 0 bridgehead atoms. The Hall–Kier alpha value is -1.35. The normalized spacial score (nSPS) is 12.5. The van der Waals surface area contributed by atoms with Crippen molar-refractivity contribution in [1.82, 2.24) is 0 Å². The molecule has 0 aliphatic heterocycles. The largest absolute Gasteiger partial charge is 0.464 e. The molecular weight excluding hydrogens is 214 g/mol. The molecule has 94 valence electrons. The fourth-order valence-corrected chi connectivity index (χ4v) is 1.63. The maximum Gasteiger partial charge on any atom is 0.322 e. The molecule has 0 heterocycles. The summed E-state index contributed by atoms with van der Waals surface area (Å²) in [6.45, 7) is 4.48. The molecule has 0 aliphatic rings. The van der Waals surface area contributed by atoms with Gasteiger partial charge in [0.15, 0.2) is 0 Å². The zero-order valence-corrected chi connectivity index (χ0v) is 10.6. The zero-order chi connectivity index (χ0) is 12.7. The maximum atomic E-state index is 11.5. The van der Waals surface area contributed by atoms with Crippen molar-refractivity contribution in [2.24, 2.45) is 11.7 Å². The fourth-order valence-electron chi connectivity index (χ4n) is 1.63. The number of carbonyl (C=O) groups excluding carboxylic acids is 1. The lowest BCUT2D eigenvalue weighted by molar-refractivity contribution is -0.145. The van der Waals surface area contributed by atoms with E-state index in [0.29, 0.717) is 18.9 Å². The van der Waals surface area contributed by atoms with Crippen LogP contribution in [-0.4, -0.2) is 18.6 Å². The Labute approximate surface area is 103 Å². The van der Waals surface area contributed by atoms with E-state index in [9.17, 15) is 4.79 Å². The van der Waals surface area contributed by atoms with E-state index in [4.69, 9.17) is 10.5 Å². The number of hydrogen-bond acceptors (Lipinski definition) is 3. The minimum absolute atomic E-state index is 0.297. The predicted octanol–water partition coefficient (Wildman–Crippen LogP) is 2.15. The lowest BCUT2D eigenvalue weighted by Gasteiger charge is -2.13. The van der Waals surface area contributed by atoms with Crippen LogP contribution >= 0.6 is 0 Å². The number of carbonyl (C=O) groups is 1.